The van der Waals surface area contributed by atoms with E-state index in [0.29, 0.717) is 12.2 Å². The number of nitrogens with two attached hydrogens (primary N) is 1. The van der Waals surface area contributed by atoms with Crippen LogP contribution in [-0.2, 0) is 19.4 Å². The number of rotatable bonds is 3. The molecule has 1 amide bonds. The van der Waals surface area contributed by atoms with Crippen molar-refractivity contribution in [3.63, 3.8) is 0 Å². The highest BCUT2D eigenvalue weighted by Gasteiger charge is 2.24. The van der Waals surface area contributed by atoms with Crippen LogP contribution in [0.15, 0.2) is 24.3 Å². The maximum Gasteiger partial charge on any atom is 0.273 e. The van der Waals surface area contributed by atoms with Crippen LogP contribution in [0.3, 0.4) is 0 Å². The Hall–Kier alpha value is -2.89. The number of nitrogens with zero attached hydrogens (tertiary/aromatic N) is 3. The van der Waals surface area contributed by atoms with Crippen LogP contribution in [0.1, 0.15) is 45.8 Å². The van der Waals surface area contributed by atoms with E-state index < -0.39 is 0 Å². The number of anilines is 1. The van der Waals surface area contributed by atoms with E-state index >= 15 is 0 Å². The van der Waals surface area contributed by atoms with E-state index in [2.05, 4.69) is 34.0 Å². The smallest absolute Gasteiger partial charge is 0.273 e. The molecule has 0 bridgehead atoms. The lowest BCUT2D eigenvalue weighted by atomic mass is 9.94. The maximum atomic E-state index is 13.1. The molecule has 1 aromatic carbocycles. The number of aryl methyl sites for hydroxylation is 2. The lowest BCUT2D eigenvalue weighted by molar-refractivity contribution is 0.0776. The number of hydrogen-bond donors (Lipinski definition) is 2. The second kappa shape index (κ2) is 6.44. The Balaban J connectivity index is 1.64. The Morgan fingerprint density at radius 1 is 1.23 bits per heavy atom. The molecule has 2 heterocycles. The molecule has 4 rings (SSSR count). The predicted octanol–water partition coefficient (Wildman–Crippen LogP) is 3.00. The van der Waals surface area contributed by atoms with Gasteiger partial charge in [0.2, 0.25) is 5.95 Å². The fourth-order valence-electron chi connectivity index (χ4n) is 3.78. The SMILES string of the molecule is Cc1c(CN(C)C(=O)c2nc(N)nc3c2CCCC3)[nH]c2ccccc12. The molecule has 0 fully saturated rings. The fourth-order valence-corrected chi connectivity index (χ4v) is 3.78. The predicted molar refractivity (Wildman–Crippen MR) is 102 cm³/mol. The number of H-pyrrole nitrogens is 1. The zero-order valence-corrected chi connectivity index (χ0v) is 15.2. The summed E-state index contributed by atoms with van der Waals surface area (Å²) in [6.45, 7) is 2.58. The molecule has 0 saturated heterocycles. The molecule has 134 valence electrons. The number of aromatic amines is 1. The number of aromatic nitrogens is 3. The summed E-state index contributed by atoms with van der Waals surface area (Å²) >= 11 is 0. The summed E-state index contributed by atoms with van der Waals surface area (Å²) in [4.78, 5) is 26.8. The van der Waals surface area contributed by atoms with Crippen LogP contribution in [0.25, 0.3) is 10.9 Å². The summed E-state index contributed by atoms with van der Waals surface area (Å²) < 4.78 is 0. The molecule has 3 N–H and O–H groups in total. The number of fused-ring (bicyclic) bond motifs is 2. The van der Waals surface area contributed by atoms with Gasteiger partial charge in [-0.2, -0.15) is 0 Å². The number of benzene rings is 1. The molecule has 0 radical (unpaired) electrons. The minimum atomic E-state index is -0.102. The number of carbonyl (C=O) groups is 1. The van der Waals surface area contributed by atoms with Gasteiger partial charge >= 0.3 is 0 Å². The molecule has 0 unspecified atom stereocenters. The highest BCUT2D eigenvalue weighted by atomic mass is 16.2. The number of carbonyl (C=O) groups excluding carboxylic acids is 1. The van der Waals surface area contributed by atoms with Gasteiger partial charge in [-0.25, -0.2) is 9.97 Å². The standard InChI is InChI=1S/C20H23N5O/c1-12-13-7-3-5-9-15(13)22-17(12)11-25(2)19(26)18-14-8-4-6-10-16(14)23-20(21)24-18/h3,5,7,9,22H,4,6,8,10-11H2,1-2H3,(H2,21,23,24). The Labute approximate surface area is 152 Å². The summed E-state index contributed by atoms with van der Waals surface area (Å²) in [5.74, 6) is 0.0829. The Morgan fingerprint density at radius 2 is 2.00 bits per heavy atom. The molecule has 0 spiro atoms. The van der Waals surface area contributed by atoms with Crippen molar-refractivity contribution in [2.75, 3.05) is 12.8 Å². The van der Waals surface area contributed by atoms with Gasteiger partial charge in [-0.3, -0.25) is 4.79 Å². The molecule has 2 aromatic heterocycles. The molecule has 3 aromatic rings. The van der Waals surface area contributed by atoms with Gasteiger partial charge in [0, 0.05) is 34.9 Å². The van der Waals surface area contributed by atoms with Crippen LogP contribution in [0.5, 0.6) is 0 Å². The van der Waals surface area contributed by atoms with E-state index in [-0.39, 0.29) is 11.9 Å². The topological polar surface area (TPSA) is 87.9 Å². The van der Waals surface area contributed by atoms with Crippen molar-refractivity contribution in [3.8, 4) is 0 Å². The molecule has 0 aliphatic heterocycles. The first-order valence-electron chi connectivity index (χ1n) is 9.01. The summed E-state index contributed by atoms with van der Waals surface area (Å²) in [6.07, 6.45) is 3.86. The Bertz CT molecular complexity index is 991. The van der Waals surface area contributed by atoms with E-state index in [9.17, 15) is 4.79 Å². The molecule has 0 atom stereocenters. The van der Waals surface area contributed by atoms with Gasteiger partial charge < -0.3 is 15.6 Å². The van der Waals surface area contributed by atoms with Crippen molar-refractivity contribution in [2.45, 2.75) is 39.2 Å². The monoisotopic (exact) mass is 349 g/mol. The summed E-state index contributed by atoms with van der Waals surface area (Å²) in [5, 5.41) is 1.19. The normalized spacial score (nSPS) is 13.6. The molecule has 0 saturated carbocycles. The van der Waals surface area contributed by atoms with Crippen molar-refractivity contribution in [1.82, 2.24) is 19.9 Å². The van der Waals surface area contributed by atoms with Crippen molar-refractivity contribution in [2.24, 2.45) is 0 Å². The van der Waals surface area contributed by atoms with Gasteiger partial charge in [0.15, 0.2) is 0 Å². The minimum Gasteiger partial charge on any atom is -0.368 e. The highest BCUT2D eigenvalue weighted by molar-refractivity contribution is 5.94. The van der Waals surface area contributed by atoms with Crippen molar-refractivity contribution >= 4 is 22.8 Å². The van der Waals surface area contributed by atoms with E-state index in [0.717, 1.165) is 48.2 Å². The van der Waals surface area contributed by atoms with Crippen LogP contribution < -0.4 is 5.73 Å². The quantitative estimate of drug-likeness (QED) is 0.761. The maximum absolute atomic E-state index is 13.1. The van der Waals surface area contributed by atoms with E-state index in [1.54, 1.807) is 11.9 Å². The summed E-state index contributed by atoms with van der Waals surface area (Å²) in [7, 11) is 1.81. The first kappa shape index (κ1) is 16.6. The van der Waals surface area contributed by atoms with Crippen LogP contribution in [-0.4, -0.2) is 32.8 Å². The average molecular weight is 349 g/mol. The van der Waals surface area contributed by atoms with Crippen molar-refractivity contribution in [3.05, 3.63) is 52.5 Å². The number of nitrogen functional groups attached to an aromatic ring is 1. The summed E-state index contributed by atoms with van der Waals surface area (Å²) in [6, 6.07) is 8.17. The average Bonchev–Trinajstić information content (AvgIpc) is 2.96. The van der Waals surface area contributed by atoms with Crippen molar-refractivity contribution in [1.29, 1.82) is 0 Å². The number of nitrogens with one attached hydrogen (secondary N) is 1. The van der Waals surface area contributed by atoms with Gasteiger partial charge in [0.05, 0.1) is 6.54 Å². The molecular formula is C20H23N5O. The molecule has 26 heavy (non-hydrogen) atoms. The minimum absolute atomic E-state index is 0.102. The van der Waals surface area contributed by atoms with Crippen LogP contribution in [0.4, 0.5) is 5.95 Å². The van der Waals surface area contributed by atoms with Crippen LogP contribution in [0, 0.1) is 6.92 Å². The van der Waals surface area contributed by atoms with E-state index in [1.165, 1.54) is 10.9 Å². The van der Waals surface area contributed by atoms with Gasteiger partial charge in [-0.1, -0.05) is 18.2 Å². The largest absolute Gasteiger partial charge is 0.368 e. The second-order valence-electron chi connectivity index (χ2n) is 7.00. The van der Waals surface area contributed by atoms with Gasteiger partial charge in [0.1, 0.15) is 5.69 Å². The first-order chi connectivity index (χ1) is 12.5. The number of para-hydroxylation sites is 1. The van der Waals surface area contributed by atoms with Gasteiger partial charge in [0.25, 0.3) is 5.91 Å². The second-order valence-corrected chi connectivity index (χ2v) is 7.00. The zero-order valence-electron chi connectivity index (χ0n) is 15.2. The zero-order chi connectivity index (χ0) is 18.3. The molecule has 6 heteroatoms. The third-order valence-electron chi connectivity index (χ3n) is 5.21. The molecule has 6 nitrogen and oxygen atoms in total. The highest BCUT2D eigenvalue weighted by Crippen LogP contribution is 2.25. The molecule has 1 aliphatic carbocycles. The third-order valence-corrected chi connectivity index (χ3v) is 5.21. The fraction of sp³-hybridized carbons (Fsp3) is 0.350. The van der Waals surface area contributed by atoms with E-state index in [1.807, 2.05) is 12.1 Å². The van der Waals surface area contributed by atoms with Crippen molar-refractivity contribution < 1.29 is 4.79 Å². The van der Waals surface area contributed by atoms with Crippen LogP contribution in [0.2, 0.25) is 0 Å². The van der Waals surface area contributed by atoms with Gasteiger partial charge in [-0.15, -0.1) is 0 Å². The molecular weight excluding hydrogens is 326 g/mol. The Morgan fingerprint density at radius 3 is 2.81 bits per heavy atom. The lowest BCUT2D eigenvalue weighted by Crippen LogP contribution is -2.30. The first-order valence-corrected chi connectivity index (χ1v) is 9.01. The Kier molecular flexibility index (Phi) is 4.11. The molecule has 1 aliphatic rings. The number of amides is 1. The van der Waals surface area contributed by atoms with Gasteiger partial charge in [-0.05, 0) is 44.2 Å². The van der Waals surface area contributed by atoms with E-state index in [4.69, 9.17) is 5.73 Å². The summed E-state index contributed by atoms with van der Waals surface area (Å²) in [5.41, 5.74) is 11.5. The van der Waals surface area contributed by atoms with Crippen LogP contribution >= 0.6 is 0 Å². The third kappa shape index (κ3) is 2.81. The number of hydrogen-bond acceptors (Lipinski definition) is 4. The lowest BCUT2D eigenvalue weighted by Gasteiger charge is -2.22.